The van der Waals surface area contributed by atoms with Crippen LogP contribution < -0.4 is 0 Å². The second-order valence-electron chi connectivity index (χ2n) is 14.3. The molecule has 0 amide bonds. The Morgan fingerprint density at radius 1 is 0.511 bits per heavy atom. The zero-order valence-electron chi connectivity index (χ0n) is 30.7. The number of hydrogen-bond acceptors (Lipinski definition) is 0. The van der Waals surface area contributed by atoms with Crippen molar-refractivity contribution in [1.29, 1.82) is 0 Å². The van der Waals surface area contributed by atoms with E-state index in [1.807, 2.05) is 0 Å². The Bertz CT molecular complexity index is 1230. The van der Waals surface area contributed by atoms with Gasteiger partial charge in [0.25, 0.3) is 0 Å². The third-order valence-electron chi connectivity index (χ3n) is 10.9. The van der Waals surface area contributed by atoms with Crippen LogP contribution in [0.15, 0.2) is 54.6 Å². The Kier molecular flexibility index (Phi) is 16.7. The van der Waals surface area contributed by atoms with Gasteiger partial charge >= 0.3 is 0 Å². The molecule has 0 aliphatic heterocycles. The first-order valence-corrected chi connectivity index (χ1v) is 19.9. The van der Waals surface area contributed by atoms with E-state index in [2.05, 4.69) is 103 Å². The molecule has 0 radical (unpaired) electrons. The van der Waals surface area contributed by atoms with E-state index in [4.69, 9.17) is 34.8 Å². The molecule has 3 rings (SSSR count). The van der Waals surface area contributed by atoms with Gasteiger partial charge in [-0.1, -0.05) is 137 Å². The number of benzene rings is 3. The van der Waals surface area contributed by atoms with Gasteiger partial charge < -0.3 is 4.48 Å². The second-order valence-corrected chi connectivity index (χ2v) is 15.5. The average molecular weight is 700 g/mol. The van der Waals surface area contributed by atoms with Gasteiger partial charge in [-0.05, 0) is 111 Å². The van der Waals surface area contributed by atoms with Crippen molar-refractivity contribution >= 4 is 34.8 Å². The molecule has 1 nitrogen and oxygen atoms in total. The van der Waals surface area contributed by atoms with Crippen molar-refractivity contribution < 1.29 is 4.48 Å². The molecule has 1 atom stereocenters. The smallest absolute Gasteiger partial charge is 0.0890 e. The fraction of sp³-hybridized carbons (Fsp3) is 0.581. The van der Waals surface area contributed by atoms with Crippen molar-refractivity contribution in [3.8, 4) is 0 Å². The molecule has 0 fully saturated rings. The summed E-state index contributed by atoms with van der Waals surface area (Å²) in [6.45, 7) is 19.5. The Morgan fingerprint density at radius 2 is 0.894 bits per heavy atom. The molecular weight excluding hydrogens is 637 g/mol. The first kappa shape index (κ1) is 39.9. The van der Waals surface area contributed by atoms with Gasteiger partial charge in [-0.15, -0.1) is 0 Å². The quantitative estimate of drug-likeness (QED) is 0.0590. The number of unbranched alkanes of at least 4 members (excludes halogenated alkanes) is 6. The Labute approximate surface area is 304 Å². The van der Waals surface area contributed by atoms with E-state index < -0.39 is 5.41 Å². The first-order chi connectivity index (χ1) is 22.6. The van der Waals surface area contributed by atoms with Crippen LogP contribution in [0.25, 0.3) is 0 Å². The summed E-state index contributed by atoms with van der Waals surface area (Å²) in [7, 11) is 0. The Morgan fingerprint density at radius 3 is 1.23 bits per heavy atom. The standard InChI is InChI=1S/C43H63Cl3N/c1-8-12-16-17-18-39(47(27-13-9-2,28-14-10-3)29-15-11-4)25-26-43(36-22-19-33(5)40(44)30-36,37-23-20-34(6)41(45)31-37)38-24-21-35(7)42(46)32-38/h19-24,30-32,39H,8-18,25-29H2,1-7H3/q+1. The summed E-state index contributed by atoms with van der Waals surface area (Å²) in [5.41, 5.74) is 6.47. The van der Waals surface area contributed by atoms with Crippen LogP contribution in [-0.4, -0.2) is 30.2 Å². The lowest BCUT2D eigenvalue weighted by Crippen LogP contribution is -2.57. The maximum absolute atomic E-state index is 6.96. The van der Waals surface area contributed by atoms with E-state index in [-0.39, 0.29) is 0 Å². The van der Waals surface area contributed by atoms with Crippen molar-refractivity contribution in [3.63, 3.8) is 0 Å². The number of rotatable bonds is 21. The van der Waals surface area contributed by atoms with Crippen LogP contribution in [0.5, 0.6) is 0 Å². The molecular formula is C43H63Cl3N+. The molecule has 4 heteroatoms. The van der Waals surface area contributed by atoms with E-state index in [1.165, 1.54) is 111 Å². The Balaban J connectivity index is 2.30. The van der Waals surface area contributed by atoms with Gasteiger partial charge in [-0.3, -0.25) is 0 Å². The highest BCUT2D eigenvalue weighted by atomic mass is 35.5. The summed E-state index contributed by atoms with van der Waals surface area (Å²) < 4.78 is 1.26. The topological polar surface area (TPSA) is 0 Å². The number of quaternary nitrogens is 1. The average Bonchev–Trinajstić information content (AvgIpc) is 3.06. The molecule has 0 N–H and O–H groups in total. The van der Waals surface area contributed by atoms with E-state index in [1.54, 1.807) is 0 Å². The van der Waals surface area contributed by atoms with Crippen molar-refractivity contribution in [2.24, 2.45) is 0 Å². The minimum Gasteiger partial charge on any atom is -0.321 e. The maximum Gasteiger partial charge on any atom is 0.0890 e. The van der Waals surface area contributed by atoms with E-state index >= 15 is 0 Å². The van der Waals surface area contributed by atoms with Crippen molar-refractivity contribution in [2.45, 2.75) is 143 Å². The molecule has 260 valence electrons. The van der Waals surface area contributed by atoms with Crippen LogP contribution in [0, 0.1) is 20.8 Å². The lowest BCUT2D eigenvalue weighted by Gasteiger charge is -2.47. The van der Waals surface area contributed by atoms with Crippen LogP contribution in [-0.2, 0) is 5.41 Å². The van der Waals surface area contributed by atoms with Crippen LogP contribution in [0.4, 0.5) is 0 Å². The lowest BCUT2D eigenvalue weighted by atomic mass is 9.65. The number of hydrogen-bond donors (Lipinski definition) is 0. The zero-order valence-corrected chi connectivity index (χ0v) is 32.9. The van der Waals surface area contributed by atoms with Crippen LogP contribution in [0.1, 0.15) is 145 Å². The van der Waals surface area contributed by atoms with Gasteiger partial charge in [0, 0.05) is 26.9 Å². The third kappa shape index (κ3) is 10.3. The van der Waals surface area contributed by atoms with Gasteiger partial charge in [0.1, 0.15) is 0 Å². The normalized spacial score (nSPS) is 12.9. The predicted molar refractivity (Wildman–Crippen MR) is 210 cm³/mol. The largest absolute Gasteiger partial charge is 0.321 e. The summed E-state index contributed by atoms with van der Waals surface area (Å²) in [6, 6.07) is 20.7. The van der Waals surface area contributed by atoms with E-state index in [0.717, 1.165) is 44.6 Å². The van der Waals surface area contributed by atoms with Gasteiger partial charge in [-0.25, -0.2) is 0 Å². The minimum atomic E-state index is -0.455. The summed E-state index contributed by atoms with van der Waals surface area (Å²) in [5.74, 6) is 0. The molecule has 0 spiro atoms. The molecule has 3 aromatic rings. The highest BCUT2D eigenvalue weighted by Gasteiger charge is 2.42. The molecule has 1 unspecified atom stereocenters. The first-order valence-electron chi connectivity index (χ1n) is 18.7. The van der Waals surface area contributed by atoms with Crippen molar-refractivity contribution in [1.82, 2.24) is 0 Å². The number of nitrogens with zero attached hydrogens (tertiary/aromatic N) is 1. The summed E-state index contributed by atoms with van der Waals surface area (Å²) >= 11 is 20.9. The fourth-order valence-corrected chi connectivity index (χ4v) is 8.23. The van der Waals surface area contributed by atoms with Crippen LogP contribution in [0.2, 0.25) is 15.1 Å². The minimum absolute atomic E-state index is 0.455. The van der Waals surface area contributed by atoms with Crippen molar-refractivity contribution in [3.05, 3.63) is 103 Å². The number of halogens is 3. The van der Waals surface area contributed by atoms with E-state index in [9.17, 15) is 0 Å². The fourth-order valence-electron chi connectivity index (χ4n) is 7.69. The summed E-state index contributed by atoms with van der Waals surface area (Å²) in [4.78, 5) is 0. The van der Waals surface area contributed by atoms with E-state index in [0.29, 0.717) is 6.04 Å². The molecule has 0 aromatic heterocycles. The van der Waals surface area contributed by atoms with Crippen LogP contribution >= 0.6 is 34.8 Å². The highest BCUT2D eigenvalue weighted by molar-refractivity contribution is 6.32. The van der Waals surface area contributed by atoms with Gasteiger partial charge in [-0.2, -0.15) is 0 Å². The third-order valence-corrected chi connectivity index (χ3v) is 12.1. The van der Waals surface area contributed by atoms with Crippen LogP contribution in [0.3, 0.4) is 0 Å². The molecule has 0 saturated heterocycles. The highest BCUT2D eigenvalue weighted by Crippen LogP contribution is 2.47. The molecule has 47 heavy (non-hydrogen) atoms. The predicted octanol–water partition coefficient (Wildman–Crippen LogP) is 14.2. The Hall–Kier alpha value is -1.51. The van der Waals surface area contributed by atoms with Gasteiger partial charge in [0.15, 0.2) is 0 Å². The molecule has 0 aliphatic carbocycles. The monoisotopic (exact) mass is 698 g/mol. The molecule has 3 aromatic carbocycles. The van der Waals surface area contributed by atoms with Gasteiger partial charge in [0.05, 0.1) is 25.7 Å². The number of aryl methyl sites for hydroxylation is 3. The molecule has 0 heterocycles. The molecule has 0 bridgehead atoms. The molecule has 0 aliphatic rings. The second kappa shape index (κ2) is 19.6. The zero-order chi connectivity index (χ0) is 34.5. The molecule has 0 saturated carbocycles. The van der Waals surface area contributed by atoms with Crippen molar-refractivity contribution in [2.75, 3.05) is 19.6 Å². The van der Waals surface area contributed by atoms with Gasteiger partial charge in [0.2, 0.25) is 0 Å². The SMILES string of the molecule is CCCCCCC(CCC(c1ccc(C)c(Cl)c1)(c1ccc(C)c(Cl)c1)c1ccc(C)c(Cl)c1)[N+](CCCC)(CCCC)CCCC. The lowest BCUT2D eigenvalue weighted by molar-refractivity contribution is -0.952. The summed E-state index contributed by atoms with van der Waals surface area (Å²) in [5, 5.41) is 2.41. The summed E-state index contributed by atoms with van der Waals surface area (Å²) in [6.07, 6.45) is 16.2. The maximum atomic E-state index is 6.96.